The lowest BCUT2D eigenvalue weighted by Crippen LogP contribution is -2.22. The molecule has 1 aromatic carbocycles. The molecule has 0 saturated carbocycles. The number of hydrogen-bond acceptors (Lipinski definition) is 1. The summed E-state index contributed by atoms with van der Waals surface area (Å²) in [6.45, 7) is 0. The van der Waals surface area contributed by atoms with Crippen LogP contribution in [0, 0.1) is 3.57 Å². The first-order valence-corrected chi connectivity index (χ1v) is 5.57. The summed E-state index contributed by atoms with van der Waals surface area (Å²) >= 11 is 5.58. The fourth-order valence-electron chi connectivity index (χ4n) is 0.910. The van der Waals surface area contributed by atoms with Gasteiger partial charge in [0.05, 0.1) is 5.56 Å². The Kier molecular flexibility index (Phi) is 3.73. The second-order valence-electron chi connectivity index (χ2n) is 2.80. The van der Waals surface area contributed by atoms with E-state index in [2.05, 4.69) is 38.5 Å². The van der Waals surface area contributed by atoms with Gasteiger partial charge >= 0.3 is 0 Å². The van der Waals surface area contributed by atoms with Crippen LogP contribution in [0.2, 0.25) is 0 Å². The van der Waals surface area contributed by atoms with E-state index in [0.29, 0.717) is 5.56 Å². The second-order valence-corrected chi connectivity index (χ2v) is 4.76. The molecule has 0 spiro atoms. The number of nitrogens with zero attached hydrogens (tertiary/aromatic N) is 1. The van der Waals surface area contributed by atoms with Gasteiger partial charge in [0.25, 0.3) is 5.91 Å². The van der Waals surface area contributed by atoms with E-state index in [9.17, 15) is 4.79 Å². The van der Waals surface area contributed by atoms with Crippen LogP contribution in [0.15, 0.2) is 22.7 Å². The van der Waals surface area contributed by atoms with Gasteiger partial charge in [-0.2, -0.15) is 0 Å². The maximum Gasteiger partial charge on any atom is 0.254 e. The molecule has 0 radical (unpaired) electrons. The lowest BCUT2D eigenvalue weighted by molar-refractivity contribution is 0.0826. The van der Waals surface area contributed by atoms with Crippen molar-refractivity contribution in [1.82, 2.24) is 4.90 Å². The van der Waals surface area contributed by atoms with Gasteiger partial charge in [0, 0.05) is 22.1 Å². The molecule has 0 aliphatic rings. The molecule has 70 valence electrons. The van der Waals surface area contributed by atoms with Gasteiger partial charge in [0.15, 0.2) is 0 Å². The van der Waals surface area contributed by atoms with Crippen LogP contribution in [-0.4, -0.2) is 24.9 Å². The van der Waals surface area contributed by atoms with Crippen molar-refractivity contribution >= 4 is 44.4 Å². The molecule has 0 heterocycles. The molecule has 0 unspecified atom stereocenters. The first-order chi connectivity index (χ1) is 6.04. The number of benzene rings is 1. The molecule has 0 aliphatic heterocycles. The molecule has 13 heavy (non-hydrogen) atoms. The van der Waals surface area contributed by atoms with Gasteiger partial charge in [0.1, 0.15) is 0 Å². The minimum absolute atomic E-state index is 0.0189. The Labute approximate surface area is 99.6 Å². The summed E-state index contributed by atoms with van der Waals surface area (Å²) in [5.74, 6) is 0.0189. The summed E-state index contributed by atoms with van der Waals surface area (Å²) in [4.78, 5) is 13.2. The molecule has 1 amide bonds. The zero-order chi connectivity index (χ0) is 10.0. The fourth-order valence-corrected chi connectivity index (χ4v) is 1.84. The molecule has 1 aromatic rings. The lowest BCUT2D eigenvalue weighted by Gasteiger charge is -2.11. The van der Waals surface area contributed by atoms with Crippen LogP contribution in [0.3, 0.4) is 0 Å². The van der Waals surface area contributed by atoms with Crippen molar-refractivity contribution in [1.29, 1.82) is 0 Å². The van der Waals surface area contributed by atoms with Crippen LogP contribution in [0.1, 0.15) is 10.4 Å². The molecular weight excluding hydrogens is 345 g/mol. The normalized spacial score (nSPS) is 9.85. The van der Waals surface area contributed by atoms with Crippen LogP contribution in [0.4, 0.5) is 0 Å². The number of hydrogen-bond donors (Lipinski definition) is 0. The quantitative estimate of drug-likeness (QED) is 0.711. The number of carbonyl (C=O) groups is 1. The van der Waals surface area contributed by atoms with Crippen LogP contribution in [0.5, 0.6) is 0 Å². The van der Waals surface area contributed by atoms with Gasteiger partial charge in [-0.25, -0.2) is 0 Å². The predicted octanol–water partition coefficient (Wildman–Crippen LogP) is 2.76. The molecular formula is C9H9BrINO. The van der Waals surface area contributed by atoms with E-state index in [4.69, 9.17) is 0 Å². The third kappa shape index (κ3) is 2.43. The van der Waals surface area contributed by atoms with Crippen LogP contribution in [0.25, 0.3) is 0 Å². The van der Waals surface area contributed by atoms with Crippen molar-refractivity contribution in [2.45, 2.75) is 0 Å². The molecule has 0 atom stereocenters. The zero-order valence-corrected chi connectivity index (χ0v) is 11.1. The van der Waals surface area contributed by atoms with Gasteiger partial charge in [-0.3, -0.25) is 4.79 Å². The largest absolute Gasteiger partial charge is 0.345 e. The molecule has 0 aliphatic carbocycles. The summed E-state index contributed by atoms with van der Waals surface area (Å²) in [5.41, 5.74) is 0.705. The first kappa shape index (κ1) is 11.0. The number of halogens is 2. The van der Waals surface area contributed by atoms with E-state index in [1.807, 2.05) is 18.2 Å². The van der Waals surface area contributed by atoms with E-state index in [1.54, 1.807) is 19.0 Å². The van der Waals surface area contributed by atoms with E-state index in [1.165, 1.54) is 0 Å². The van der Waals surface area contributed by atoms with Gasteiger partial charge in [-0.1, -0.05) is 6.07 Å². The SMILES string of the molecule is CN(C)C(=O)c1cccc(I)c1Br. The minimum atomic E-state index is 0.0189. The number of rotatable bonds is 1. The second kappa shape index (κ2) is 4.41. The molecule has 2 nitrogen and oxygen atoms in total. The molecule has 0 aromatic heterocycles. The summed E-state index contributed by atoms with van der Waals surface area (Å²) in [6.07, 6.45) is 0. The van der Waals surface area contributed by atoms with Crippen LogP contribution < -0.4 is 0 Å². The van der Waals surface area contributed by atoms with Crippen molar-refractivity contribution in [2.24, 2.45) is 0 Å². The van der Waals surface area contributed by atoms with E-state index < -0.39 is 0 Å². The smallest absolute Gasteiger partial charge is 0.254 e. The summed E-state index contributed by atoms with van der Waals surface area (Å²) in [5, 5.41) is 0. The zero-order valence-electron chi connectivity index (χ0n) is 7.34. The highest BCUT2D eigenvalue weighted by Gasteiger charge is 2.12. The van der Waals surface area contributed by atoms with Crippen LogP contribution >= 0.6 is 38.5 Å². The number of carbonyl (C=O) groups excluding carboxylic acids is 1. The number of amides is 1. The molecule has 0 bridgehead atoms. The van der Waals surface area contributed by atoms with E-state index in [-0.39, 0.29) is 5.91 Å². The summed E-state index contributed by atoms with van der Waals surface area (Å²) < 4.78 is 1.92. The maximum atomic E-state index is 11.6. The van der Waals surface area contributed by atoms with Gasteiger partial charge in [-0.05, 0) is 50.7 Å². The van der Waals surface area contributed by atoms with E-state index in [0.717, 1.165) is 8.04 Å². The lowest BCUT2D eigenvalue weighted by atomic mass is 10.2. The first-order valence-electron chi connectivity index (χ1n) is 3.69. The molecule has 4 heteroatoms. The van der Waals surface area contributed by atoms with Gasteiger partial charge in [-0.15, -0.1) is 0 Å². The molecule has 1 rings (SSSR count). The highest BCUT2D eigenvalue weighted by molar-refractivity contribution is 14.1. The van der Waals surface area contributed by atoms with Crippen LogP contribution in [-0.2, 0) is 0 Å². The summed E-state index contributed by atoms with van der Waals surface area (Å²) in [6, 6.07) is 5.65. The minimum Gasteiger partial charge on any atom is -0.345 e. The Morgan fingerprint density at radius 3 is 2.62 bits per heavy atom. The molecule has 0 fully saturated rings. The Balaban J connectivity index is 3.15. The monoisotopic (exact) mass is 353 g/mol. The molecule has 0 N–H and O–H groups in total. The molecule has 0 saturated heterocycles. The standard InChI is InChI=1S/C9H9BrINO/c1-12(2)9(13)6-4-3-5-7(11)8(6)10/h3-5H,1-2H3. The predicted molar refractivity (Wildman–Crippen MR) is 64.9 cm³/mol. The Hall–Kier alpha value is -0.100. The van der Waals surface area contributed by atoms with Crippen molar-refractivity contribution in [3.63, 3.8) is 0 Å². The van der Waals surface area contributed by atoms with Crippen molar-refractivity contribution in [3.05, 3.63) is 31.8 Å². The fraction of sp³-hybridized carbons (Fsp3) is 0.222. The Morgan fingerprint density at radius 2 is 2.08 bits per heavy atom. The highest BCUT2D eigenvalue weighted by atomic mass is 127. The Morgan fingerprint density at radius 1 is 1.46 bits per heavy atom. The highest BCUT2D eigenvalue weighted by Crippen LogP contribution is 2.23. The van der Waals surface area contributed by atoms with Gasteiger partial charge in [0.2, 0.25) is 0 Å². The average molecular weight is 354 g/mol. The van der Waals surface area contributed by atoms with E-state index >= 15 is 0 Å². The van der Waals surface area contributed by atoms with Gasteiger partial charge < -0.3 is 4.90 Å². The van der Waals surface area contributed by atoms with Crippen molar-refractivity contribution < 1.29 is 4.79 Å². The third-order valence-electron chi connectivity index (χ3n) is 1.59. The van der Waals surface area contributed by atoms with Crippen molar-refractivity contribution in [3.8, 4) is 0 Å². The third-order valence-corrected chi connectivity index (χ3v) is 4.08. The maximum absolute atomic E-state index is 11.6. The Bertz CT molecular complexity index is 338. The van der Waals surface area contributed by atoms with Crippen molar-refractivity contribution in [2.75, 3.05) is 14.1 Å². The summed E-state index contributed by atoms with van der Waals surface area (Å²) in [7, 11) is 3.49. The average Bonchev–Trinajstić information content (AvgIpc) is 2.08. The topological polar surface area (TPSA) is 20.3 Å².